The summed E-state index contributed by atoms with van der Waals surface area (Å²) in [5, 5.41) is 0. The number of anilines is 1. The molecule has 13 heavy (non-hydrogen) atoms. The highest BCUT2D eigenvalue weighted by Crippen LogP contribution is 2.29. The molecule has 3 heteroatoms. The summed E-state index contributed by atoms with van der Waals surface area (Å²) in [5.74, 6) is 0. The molecule has 0 radical (unpaired) electrons. The maximum Gasteiger partial charge on any atom is 0.0421 e. The van der Waals surface area contributed by atoms with E-state index in [-0.39, 0.29) is 6.04 Å². The smallest absolute Gasteiger partial charge is 0.0421 e. The lowest BCUT2D eigenvalue weighted by atomic mass is 10.1. The van der Waals surface area contributed by atoms with Crippen molar-refractivity contribution in [2.75, 3.05) is 5.73 Å². The first-order valence-corrected chi connectivity index (χ1v) is 4.43. The van der Waals surface area contributed by atoms with Gasteiger partial charge in [-0.1, -0.05) is 6.08 Å². The van der Waals surface area contributed by atoms with E-state index in [2.05, 4.69) is 11.1 Å². The summed E-state index contributed by atoms with van der Waals surface area (Å²) < 4.78 is 0. The second-order valence-corrected chi connectivity index (χ2v) is 3.36. The Hall–Kier alpha value is -1.35. The van der Waals surface area contributed by atoms with E-state index >= 15 is 0 Å². The normalized spacial score (nSPS) is 21.6. The van der Waals surface area contributed by atoms with Gasteiger partial charge in [0, 0.05) is 29.7 Å². The van der Waals surface area contributed by atoms with Crippen LogP contribution in [0.5, 0.6) is 0 Å². The van der Waals surface area contributed by atoms with Crippen LogP contribution in [0.2, 0.25) is 0 Å². The lowest BCUT2D eigenvalue weighted by molar-refractivity contribution is 0.782. The number of nitrogens with zero attached hydrogens (tertiary/aromatic N) is 1. The van der Waals surface area contributed by atoms with E-state index in [0.29, 0.717) is 0 Å². The average Bonchev–Trinajstić information content (AvgIpc) is 2.53. The summed E-state index contributed by atoms with van der Waals surface area (Å²) in [6.45, 7) is 0. The van der Waals surface area contributed by atoms with Crippen LogP contribution in [0.1, 0.15) is 18.4 Å². The van der Waals surface area contributed by atoms with Crippen LogP contribution in [0, 0.1) is 0 Å². The molecule has 0 aliphatic heterocycles. The van der Waals surface area contributed by atoms with Crippen molar-refractivity contribution >= 4 is 11.3 Å². The number of hydrogen-bond acceptors (Lipinski definition) is 3. The number of allylic oxidation sites excluding steroid dienone is 1. The second kappa shape index (κ2) is 3.18. The number of nitrogens with two attached hydrogens (primary N) is 2. The van der Waals surface area contributed by atoms with Crippen molar-refractivity contribution in [2.24, 2.45) is 5.73 Å². The molecular weight excluding hydrogens is 162 g/mol. The minimum atomic E-state index is 0.189. The highest BCUT2D eigenvalue weighted by Gasteiger charge is 2.14. The zero-order valence-electron chi connectivity index (χ0n) is 7.40. The van der Waals surface area contributed by atoms with Gasteiger partial charge in [-0.15, -0.1) is 0 Å². The first-order chi connectivity index (χ1) is 6.27. The zero-order chi connectivity index (χ0) is 9.26. The number of nitrogen functional groups attached to an aromatic ring is 1. The third-order valence-electron chi connectivity index (χ3n) is 2.36. The van der Waals surface area contributed by atoms with E-state index < -0.39 is 0 Å². The van der Waals surface area contributed by atoms with Gasteiger partial charge in [-0.3, -0.25) is 4.98 Å². The second-order valence-electron chi connectivity index (χ2n) is 3.36. The van der Waals surface area contributed by atoms with Gasteiger partial charge < -0.3 is 11.5 Å². The molecule has 1 unspecified atom stereocenters. The zero-order valence-corrected chi connectivity index (χ0v) is 7.40. The Bertz CT molecular complexity index is 344. The summed E-state index contributed by atoms with van der Waals surface area (Å²) in [5.41, 5.74) is 14.7. The van der Waals surface area contributed by atoms with Crippen molar-refractivity contribution < 1.29 is 0 Å². The molecule has 0 aromatic carbocycles. The Morgan fingerprint density at radius 3 is 2.92 bits per heavy atom. The standard InChI is InChI=1S/C10H13N3/c11-8-2-1-7(5-8)9-6-13-4-3-10(9)12/h3-6,8H,1-2,11H2,(H2,12,13). The van der Waals surface area contributed by atoms with Crippen LogP contribution in [0.4, 0.5) is 5.69 Å². The van der Waals surface area contributed by atoms with Gasteiger partial charge in [0.1, 0.15) is 0 Å². The molecule has 0 saturated heterocycles. The van der Waals surface area contributed by atoms with Gasteiger partial charge in [0.25, 0.3) is 0 Å². The Morgan fingerprint density at radius 1 is 1.46 bits per heavy atom. The van der Waals surface area contributed by atoms with Gasteiger partial charge in [0.05, 0.1) is 0 Å². The van der Waals surface area contributed by atoms with Crippen molar-refractivity contribution in [1.29, 1.82) is 0 Å². The molecule has 1 heterocycles. The maximum absolute atomic E-state index is 5.82. The van der Waals surface area contributed by atoms with E-state index in [0.717, 1.165) is 24.1 Å². The van der Waals surface area contributed by atoms with Gasteiger partial charge >= 0.3 is 0 Å². The van der Waals surface area contributed by atoms with Gasteiger partial charge in [-0.2, -0.15) is 0 Å². The number of pyridine rings is 1. The molecule has 0 spiro atoms. The minimum Gasteiger partial charge on any atom is -0.398 e. The summed E-state index contributed by atoms with van der Waals surface area (Å²) in [7, 11) is 0. The maximum atomic E-state index is 5.82. The Balaban J connectivity index is 2.36. The molecule has 68 valence electrons. The molecule has 0 fully saturated rings. The van der Waals surface area contributed by atoms with Crippen LogP contribution in [-0.2, 0) is 0 Å². The van der Waals surface area contributed by atoms with Crippen LogP contribution < -0.4 is 11.5 Å². The SMILES string of the molecule is Nc1ccncc1C1=CC(N)CC1. The molecule has 1 aliphatic rings. The van der Waals surface area contributed by atoms with Crippen LogP contribution in [-0.4, -0.2) is 11.0 Å². The van der Waals surface area contributed by atoms with E-state index in [1.165, 1.54) is 5.57 Å². The topological polar surface area (TPSA) is 64.9 Å². The number of rotatable bonds is 1. The third-order valence-corrected chi connectivity index (χ3v) is 2.36. The summed E-state index contributed by atoms with van der Waals surface area (Å²) in [4.78, 5) is 4.05. The molecule has 0 saturated carbocycles. The van der Waals surface area contributed by atoms with Crippen LogP contribution in [0.3, 0.4) is 0 Å². The molecular formula is C10H13N3. The van der Waals surface area contributed by atoms with Gasteiger partial charge in [-0.25, -0.2) is 0 Å². The fourth-order valence-electron chi connectivity index (χ4n) is 1.65. The van der Waals surface area contributed by atoms with Gasteiger partial charge in [0.15, 0.2) is 0 Å². The Morgan fingerprint density at radius 2 is 2.31 bits per heavy atom. The monoisotopic (exact) mass is 175 g/mol. The highest BCUT2D eigenvalue weighted by molar-refractivity contribution is 5.75. The Labute approximate surface area is 77.5 Å². The predicted octanol–water partition coefficient (Wildman–Crippen LogP) is 1.17. The fourth-order valence-corrected chi connectivity index (χ4v) is 1.65. The number of aromatic nitrogens is 1. The molecule has 0 amide bonds. The molecule has 1 aromatic rings. The predicted molar refractivity (Wildman–Crippen MR) is 53.8 cm³/mol. The largest absolute Gasteiger partial charge is 0.398 e. The third kappa shape index (κ3) is 1.55. The molecule has 4 N–H and O–H groups in total. The van der Waals surface area contributed by atoms with Crippen molar-refractivity contribution in [3.05, 3.63) is 30.1 Å². The average molecular weight is 175 g/mol. The van der Waals surface area contributed by atoms with Crippen molar-refractivity contribution in [1.82, 2.24) is 4.98 Å². The quantitative estimate of drug-likeness (QED) is 0.673. The first-order valence-electron chi connectivity index (χ1n) is 4.43. The fraction of sp³-hybridized carbons (Fsp3) is 0.300. The molecule has 1 atom stereocenters. The van der Waals surface area contributed by atoms with Crippen molar-refractivity contribution in [3.8, 4) is 0 Å². The van der Waals surface area contributed by atoms with Crippen molar-refractivity contribution in [2.45, 2.75) is 18.9 Å². The van der Waals surface area contributed by atoms with E-state index in [4.69, 9.17) is 11.5 Å². The summed E-state index contributed by atoms with van der Waals surface area (Å²) in [6.07, 6.45) is 7.61. The molecule has 1 aromatic heterocycles. The van der Waals surface area contributed by atoms with Crippen LogP contribution in [0.15, 0.2) is 24.5 Å². The first kappa shape index (κ1) is 8.26. The number of hydrogen-bond donors (Lipinski definition) is 2. The van der Waals surface area contributed by atoms with Crippen molar-refractivity contribution in [3.63, 3.8) is 0 Å². The van der Waals surface area contributed by atoms with Crippen LogP contribution in [0.25, 0.3) is 5.57 Å². The van der Waals surface area contributed by atoms with Gasteiger partial charge in [0.2, 0.25) is 0 Å². The molecule has 3 nitrogen and oxygen atoms in total. The van der Waals surface area contributed by atoms with Crippen LogP contribution >= 0.6 is 0 Å². The lowest BCUT2D eigenvalue weighted by Crippen LogP contribution is -2.11. The highest BCUT2D eigenvalue weighted by atomic mass is 14.7. The van der Waals surface area contributed by atoms with E-state index in [1.54, 1.807) is 12.4 Å². The van der Waals surface area contributed by atoms with E-state index in [9.17, 15) is 0 Å². The van der Waals surface area contributed by atoms with E-state index in [1.807, 2.05) is 6.07 Å². The van der Waals surface area contributed by atoms with Gasteiger partial charge in [-0.05, 0) is 24.5 Å². The molecule has 0 bridgehead atoms. The Kier molecular flexibility index (Phi) is 2.02. The molecule has 1 aliphatic carbocycles. The summed E-state index contributed by atoms with van der Waals surface area (Å²) >= 11 is 0. The molecule has 2 rings (SSSR count). The minimum absolute atomic E-state index is 0.189. The lowest BCUT2D eigenvalue weighted by Gasteiger charge is -2.03. The summed E-state index contributed by atoms with van der Waals surface area (Å²) in [6, 6.07) is 2.01.